The van der Waals surface area contributed by atoms with E-state index in [2.05, 4.69) is 24.0 Å². The molecule has 2 N–H and O–H groups in total. The summed E-state index contributed by atoms with van der Waals surface area (Å²) in [5.74, 6) is 0. The molecule has 1 aliphatic rings. The SMILES string of the molecule is CCCC[C@@H]1[C@H](O)[C@@H](OCc2ccccc2)[C@H](O)[C@@H](COCc2ccccc2)N1Cc1ccccc1. The lowest BCUT2D eigenvalue weighted by Crippen LogP contribution is -2.67. The zero-order valence-electron chi connectivity index (χ0n) is 21.2. The average molecular weight is 490 g/mol. The highest BCUT2D eigenvalue weighted by molar-refractivity contribution is 5.17. The second kappa shape index (κ2) is 13.7. The summed E-state index contributed by atoms with van der Waals surface area (Å²) in [4.78, 5) is 2.24. The first-order chi connectivity index (χ1) is 17.7. The summed E-state index contributed by atoms with van der Waals surface area (Å²) in [6, 6.07) is 29.8. The van der Waals surface area contributed by atoms with Gasteiger partial charge in [0.1, 0.15) is 12.2 Å². The number of ether oxygens (including phenoxy) is 2. The van der Waals surface area contributed by atoms with Gasteiger partial charge in [-0.05, 0) is 23.1 Å². The fraction of sp³-hybridized carbons (Fsp3) is 0.419. The Bertz CT molecular complexity index is 1000. The molecule has 1 saturated heterocycles. The average Bonchev–Trinajstić information content (AvgIpc) is 2.92. The monoisotopic (exact) mass is 489 g/mol. The number of hydrogen-bond donors (Lipinski definition) is 2. The van der Waals surface area contributed by atoms with Gasteiger partial charge >= 0.3 is 0 Å². The van der Waals surface area contributed by atoms with Gasteiger partial charge in [-0.15, -0.1) is 0 Å². The molecule has 192 valence electrons. The molecule has 1 heterocycles. The van der Waals surface area contributed by atoms with Crippen molar-refractivity contribution in [2.45, 2.75) is 76.3 Å². The van der Waals surface area contributed by atoms with E-state index in [1.54, 1.807) is 0 Å². The molecule has 5 nitrogen and oxygen atoms in total. The van der Waals surface area contributed by atoms with Crippen molar-refractivity contribution in [2.75, 3.05) is 6.61 Å². The summed E-state index contributed by atoms with van der Waals surface area (Å²) in [5, 5.41) is 23.1. The van der Waals surface area contributed by atoms with Crippen LogP contribution in [0.4, 0.5) is 0 Å². The van der Waals surface area contributed by atoms with E-state index in [0.717, 1.165) is 36.0 Å². The molecule has 0 aromatic heterocycles. The first-order valence-electron chi connectivity index (χ1n) is 13.1. The zero-order valence-corrected chi connectivity index (χ0v) is 21.2. The molecule has 4 rings (SSSR count). The van der Waals surface area contributed by atoms with E-state index in [0.29, 0.717) is 26.4 Å². The molecule has 1 aliphatic heterocycles. The van der Waals surface area contributed by atoms with Crippen LogP contribution < -0.4 is 0 Å². The largest absolute Gasteiger partial charge is 0.389 e. The standard InChI is InChI=1S/C31H39NO4/c1-2-3-19-27-29(33)31(36-22-26-17-11-6-12-18-26)30(34)28(23-35-21-25-15-9-5-10-16-25)32(27)20-24-13-7-4-8-14-24/h4-18,27-31,33-34H,2-3,19-23H2,1H3/t27-,28-,29+,30-,31-/m1/s1. The van der Waals surface area contributed by atoms with Gasteiger partial charge in [-0.2, -0.15) is 0 Å². The van der Waals surface area contributed by atoms with Crippen molar-refractivity contribution in [3.63, 3.8) is 0 Å². The Balaban J connectivity index is 1.56. The maximum absolute atomic E-state index is 11.6. The molecule has 3 aromatic carbocycles. The van der Waals surface area contributed by atoms with Crippen LogP contribution in [0.3, 0.4) is 0 Å². The molecule has 1 fully saturated rings. The van der Waals surface area contributed by atoms with Crippen LogP contribution in [0.25, 0.3) is 0 Å². The summed E-state index contributed by atoms with van der Waals surface area (Å²) < 4.78 is 12.4. The number of aliphatic hydroxyl groups excluding tert-OH is 2. The Labute approximate surface area is 215 Å². The first-order valence-corrected chi connectivity index (χ1v) is 13.1. The predicted octanol–water partition coefficient (Wildman–Crippen LogP) is 4.95. The normalized spacial score (nSPS) is 24.6. The fourth-order valence-electron chi connectivity index (χ4n) is 5.09. The third-order valence-electron chi connectivity index (χ3n) is 7.06. The first kappa shape index (κ1) is 26.5. The lowest BCUT2D eigenvalue weighted by molar-refractivity contribution is -0.200. The molecule has 0 aliphatic carbocycles. The highest BCUT2D eigenvalue weighted by Crippen LogP contribution is 2.32. The van der Waals surface area contributed by atoms with E-state index >= 15 is 0 Å². The van der Waals surface area contributed by atoms with Gasteiger partial charge in [0.25, 0.3) is 0 Å². The van der Waals surface area contributed by atoms with Crippen molar-refractivity contribution in [2.24, 2.45) is 0 Å². The summed E-state index contributed by atoms with van der Waals surface area (Å²) in [6.07, 6.45) is 0.481. The summed E-state index contributed by atoms with van der Waals surface area (Å²) >= 11 is 0. The minimum atomic E-state index is -0.888. The molecule has 0 saturated carbocycles. The van der Waals surface area contributed by atoms with Crippen LogP contribution in [0.15, 0.2) is 91.0 Å². The van der Waals surface area contributed by atoms with Gasteiger partial charge in [-0.3, -0.25) is 4.90 Å². The maximum Gasteiger partial charge on any atom is 0.113 e. The van der Waals surface area contributed by atoms with Gasteiger partial charge in [0, 0.05) is 12.6 Å². The highest BCUT2D eigenvalue weighted by Gasteiger charge is 2.48. The smallest absolute Gasteiger partial charge is 0.113 e. The Hall–Kier alpha value is -2.54. The van der Waals surface area contributed by atoms with Crippen LogP contribution in [0, 0.1) is 0 Å². The fourth-order valence-corrected chi connectivity index (χ4v) is 5.09. The number of likely N-dealkylation sites (tertiary alicyclic amines) is 1. The predicted molar refractivity (Wildman–Crippen MR) is 142 cm³/mol. The number of benzene rings is 3. The van der Waals surface area contributed by atoms with E-state index in [4.69, 9.17) is 9.47 Å². The third kappa shape index (κ3) is 7.02. The molecule has 0 spiro atoms. The van der Waals surface area contributed by atoms with Gasteiger partial charge in [-0.1, -0.05) is 111 Å². The quantitative estimate of drug-likeness (QED) is 0.377. The van der Waals surface area contributed by atoms with E-state index < -0.39 is 18.3 Å². The lowest BCUT2D eigenvalue weighted by Gasteiger charge is -2.50. The van der Waals surface area contributed by atoms with Crippen LogP contribution in [-0.4, -0.2) is 52.1 Å². The topological polar surface area (TPSA) is 62.2 Å². The number of hydrogen-bond acceptors (Lipinski definition) is 5. The summed E-state index contributed by atoms with van der Waals surface area (Å²) in [7, 11) is 0. The van der Waals surface area contributed by atoms with Crippen molar-refractivity contribution in [1.29, 1.82) is 0 Å². The molecule has 3 aromatic rings. The molecule has 0 unspecified atom stereocenters. The molecular formula is C31H39NO4. The van der Waals surface area contributed by atoms with Crippen LogP contribution in [0.1, 0.15) is 42.9 Å². The van der Waals surface area contributed by atoms with Crippen molar-refractivity contribution < 1.29 is 19.7 Å². The van der Waals surface area contributed by atoms with Crippen LogP contribution in [0.2, 0.25) is 0 Å². The van der Waals surface area contributed by atoms with Crippen molar-refractivity contribution in [3.8, 4) is 0 Å². The van der Waals surface area contributed by atoms with Crippen molar-refractivity contribution in [1.82, 2.24) is 4.90 Å². The second-order valence-corrected chi connectivity index (χ2v) is 9.68. The van der Waals surface area contributed by atoms with E-state index in [1.165, 1.54) is 0 Å². The number of aliphatic hydroxyl groups is 2. The van der Waals surface area contributed by atoms with Crippen molar-refractivity contribution in [3.05, 3.63) is 108 Å². The van der Waals surface area contributed by atoms with E-state index in [1.807, 2.05) is 78.9 Å². The number of piperidine rings is 1. The molecule has 0 amide bonds. The van der Waals surface area contributed by atoms with Crippen LogP contribution in [0.5, 0.6) is 0 Å². The Morgan fingerprint density at radius 3 is 1.81 bits per heavy atom. The zero-order chi connectivity index (χ0) is 25.2. The molecule has 0 radical (unpaired) electrons. The minimum absolute atomic E-state index is 0.139. The maximum atomic E-state index is 11.6. The Morgan fingerprint density at radius 2 is 1.22 bits per heavy atom. The van der Waals surface area contributed by atoms with Crippen LogP contribution >= 0.6 is 0 Å². The van der Waals surface area contributed by atoms with Gasteiger partial charge in [0.2, 0.25) is 0 Å². The second-order valence-electron chi connectivity index (χ2n) is 9.68. The number of nitrogens with zero attached hydrogens (tertiary/aromatic N) is 1. The van der Waals surface area contributed by atoms with Gasteiger partial charge in [0.15, 0.2) is 0 Å². The van der Waals surface area contributed by atoms with Crippen molar-refractivity contribution >= 4 is 0 Å². The van der Waals surface area contributed by atoms with Gasteiger partial charge in [-0.25, -0.2) is 0 Å². The molecule has 0 bridgehead atoms. The Morgan fingerprint density at radius 1 is 0.694 bits per heavy atom. The molecule has 5 atom stereocenters. The van der Waals surface area contributed by atoms with Crippen LogP contribution in [-0.2, 0) is 29.2 Å². The minimum Gasteiger partial charge on any atom is -0.389 e. The molecule has 5 heteroatoms. The molecule has 36 heavy (non-hydrogen) atoms. The lowest BCUT2D eigenvalue weighted by atomic mass is 9.85. The number of unbranched alkanes of at least 4 members (excludes halogenated alkanes) is 1. The summed E-state index contributed by atoms with van der Waals surface area (Å²) in [6.45, 7) is 3.96. The Kier molecular flexibility index (Phi) is 10.1. The van der Waals surface area contributed by atoms with E-state index in [-0.39, 0.29) is 12.1 Å². The number of rotatable bonds is 12. The molecular weight excluding hydrogens is 450 g/mol. The van der Waals surface area contributed by atoms with E-state index in [9.17, 15) is 10.2 Å². The third-order valence-corrected chi connectivity index (χ3v) is 7.06. The highest BCUT2D eigenvalue weighted by atomic mass is 16.5. The summed E-state index contributed by atoms with van der Waals surface area (Å²) in [5.41, 5.74) is 3.26. The van der Waals surface area contributed by atoms with Gasteiger partial charge in [0.05, 0.1) is 32.0 Å². The van der Waals surface area contributed by atoms with Gasteiger partial charge < -0.3 is 19.7 Å².